The molecule has 0 aliphatic heterocycles. The summed E-state index contributed by atoms with van der Waals surface area (Å²) >= 11 is 0. The Bertz CT molecular complexity index is 1350. The van der Waals surface area contributed by atoms with E-state index in [0.717, 1.165) is 16.6 Å². The average Bonchev–Trinajstić information content (AvgIpc) is 3.41. The predicted molar refractivity (Wildman–Crippen MR) is 119 cm³/mol. The molecule has 3 aromatic rings. The lowest BCUT2D eigenvalue weighted by Crippen LogP contribution is -2.27. The lowest BCUT2D eigenvalue weighted by molar-refractivity contribution is 0.509. The van der Waals surface area contributed by atoms with Gasteiger partial charge in [-0.25, -0.2) is 17.9 Å². The van der Waals surface area contributed by atoms with Crippen molar-refractivity contribution in [1.82, 2.24) is 26.5 Å². The maximum Gasteiger partial charge on any atom is 0.308 e. The number of rotatable bonds is 4. The van der Waals surface area contributed by atoms with Gasteiger partial charge in [0.15, 0.2) is 0 Å². The Hall–Kier alpha value is -3.42. The average molecular weight is 473 g/mol. The van der Waals surface area contributed by atoms with Crippen LogP contribution in [-0.4, -0.2) is 71.5 Å². The van der Waals surface area contributed by atoms with Crippen molar-refractivity contribution < 1.29 is 16.8 Å². The Labute approximate surface area is 187 Å². The number of nitrogens with zero attached hydrogens (tertiary/aromatic N) is 6. The van der Waals surface area contributed by atoms with Crippen molar-refractivity contribution in [2.24, 2.45) is 0 Å². The van der Waals surface area contributed by atoms with Gasteiger partial charge in [-0.3, -0.25) is 0 Å². The second-order valence-corrected chi connectivity index (χ2v) is 10.9. The third-order valence-corrected chi connectivity index (χ3v) is 7.44. The van der Waals surface area contributed by atoms with Crippen molar-refractivity contribution in [1.29, 1.82) is 0 Å². The van der Waals surface area contributed by atoms with Gasteiger partial charge in [0.05, 0.1) is 12.4 Å². The molecule has 0 unspecified atom stereocenters. The molecule has 0 amide bonds. The summed E-state index contributed by atoms with van der Waals surface area (Å²) < 4.78 is 52.4. The highest BCUT2D eigenvalue weighted by Gasteiger charge is 2.16. The van der Waals surface area contributed by atoms with Gasteiger partial charge in [0, 0.05) is 39.3 Å². The summed E-state index contributed by atoms with van der Waals surface area (Å²) in [7, 11) is -1.51. The summed E-state index contributed by atoms with van der Waals surface area (Å²) in [6, 6.07) is 7.05. The van der Waals surface area contributed by atoms with Crippen molar-refractivity contribution in [3.8, 4) is 23.7 Å². The molecule has 32 heavy (non-hydrogen) atoms. The van der Waals surface area contributed by atoms with Crippen LogP contribution >= 0.6 is 0 Å². The topological polar surface area (TPSA) is 110 Å². The number of benzene rings is 1. The van der Waals surface area contributed by atoms with E-state index in [2.05, 4.69) is 33.6 Å². The molecule has 1 aromatic carbocycles. The van der Waals surface area contributed by atoms with Gasteiger partial charge in [0.25, 0.3) is 0 Å². The maximum atomic E-state index is 12.1. The van der Waals surface area contributed by atoms with Gasteiger partial charge < -0.3 is 0 Å². The van der Waals surface area contributed by atoms with Gasteiger partial charge in [0.2, 0.25) is 0 Å². The zero-order valence-corrected chi connectivity index (χ0v) is 19.4. The summed E-state index contributed by atoms with van der Waals surface area (Å²) in [4.78, 5) is 7.99. The first-order chi connectivity index (χ1) is 15.0. The molecule has 3 rings (SSSR count). The second-order valence-electron chi connectivity index (χ2n) is 6.84. The fraction of sp³-hybridized carbons (Fsp3) is 0.200. The van der Waals surface area contributed by atoms with Gasteiger partial charge in [0.1, 0.15) is 24.0 Å². The molecular weight excluding hydrogens is 452 g/mol. The van der Waals surface area contributed by atoms with Gasteiger partial charge in [-0.15, -0.1) is 0 Å². The zero-order chi connectivity index (χ0) is 23.5. The fourth-order valence-corrected chi connectivity index (χ4v) is 3.83. The molecule has 166 valence electrons. The minimum absolute atomic E-state index is 0.322. The Morgan fingerprint density at radius 1 is 0.656 bits per heavy atom. The van der Waals surface area contributed by atoms with Crippen LogP contribution in [0.2, 0.25) is 0 Å². The van der Waals surface area contributed by atoms with E-state index in [1.165, 1.54) is 53.2 Å². The molecule has 0 fully saturated rings. The van der Waals surface area contributed by atoms with Gasteiger partial charge in [-0.05, 0) is 36.1 Å². The standard InChI is InChI=1S/C20H20N6O4S2/c1-23(2)31(27,28)25-13-19(21-15-25)11-9-17-5-7-18(8-6-17)10-12-20-14-26(16-22-20)32(29,30)24(3)4/h5-8,13-16H,1-4H3. The van der Waals surface area contributed by atoms with Gasteiger partial charge in [-0.1, -0.05) is 11.8 Å². The van der Waals surface area contributed by atoms with Crippen LogP contribution in [0.1, 0.15) is 22.5 Å². The highest BCUT2D eigenvalue weighted by atomic mass is 32.2. The highest BCUT2D eigenvalue weighted by molar-refractivity contribution is 7.87. The van der Waals surface area contributed by atoms with E-state index in [4.69, 9.17) is 0 Å². The van der Waals surface area contributed by atoms with Gasteiger partial charge in [-0.2, -0.15) is 25.4 Å². The van der Waals surface area contributed by atoms with Crippen LogP contribution in [0, 0.1) is 23.7 Å². The number of hydrogen-bond donors (Lipinski definition) is 0. The molecule has 0 aliphatic carbocycles. The molecule has 0 N–H and O–H groups in total. The number of hydrogen-bond acceptors (Lipinski definition) is 6. The SMILES string of the molecule is CN(C)S(=O)(=O)n1cnc(C#Cc2ccc(C#Cc3cn(S(=O)(=O)N(C)C)cn3)cc2)c1. The largest absolute Gasteiger partial charge is 0.308 e. The van der Waals surface area contributed by atoms with Crippen molar-refractivity contribution in [3.63, 3.8) is 0 Å². The number of aromatic nitrogens is 4. The normalized spacial score (nSPS) is 11.7. The Balaban J connectivity index is 1.72. The first-order valence-corrected chi connectivity index (χ1v) is 11.9. The predicted octanol–water partition coefficient (Wildman–Crippen LogP) is 0.188. The van der Waals surface area contributed by atoms with E-state index in [1.807, 2.05) is 0 Å². The molecule has 0 atom stereocenters. The molecule has 0 bridgehead atoms. The van der Waals surface area contributed by atoms with Crippen molar-refractivity contribution in [2.45, 2.75) is 0 Å². The quantitative estimate of drug-likeness (QED) is 0.502. The highest BCUT2D eigenvalue weighted by Crippen LogP contribution is 2.06. The van der Waals surface area contributed by atoms with E-state index >= 15 is 0 Å². The molecule has 2 heterocycles. The van der Waals surface area contributed by atoms with Crippen LogP contribution in [0.25, 0.3) is 0 Å². The molecule has 12 heteroatoms. The van der Waals surface area contributed by atoms with Gasteiger partial charge >= 0.3 is 20.4 Å². The van der Waals surface area contributed by atoms with Crippen LogP contribution in [0.3, 0.4) is 0 Å². The Morgan fingerprint density at radius 2 is 1.00 bits per heavy atom. The smallest absolute Gasteiger partial charge is 0.227 e. The molecule has 10 nitrogen and oxygen atoms in total. The zero-order valence-electron chi connectivity index (χ0n) is 17.8. The first kappa shape index (κ1) is 23.2. The third-order valence-electron chi connectivity index (χ3n) is 4.13. The van der Waals surface area contributed by atoms with E-state index in [1.54, 1.807) is 24.3 Å². The molecular formula is C20H20N6O4S2. The Kier molecular flexibility index (Phi) is 6.52. The lowest BCUT2D eigenvalue weighted by Gasteiger charge is -2.10. The van der Waals surface area contributed by atoms with E-state index in [0.29, 0.717) is 22.5 Å². The summed E-state index contributed by atoms with van der Waals surface area (Å²) in [5.74, 6) is 11.5. The van der Waals surface area contributed by atoms with Crippen LogP contribution in [-0.2, 0) is 20.4 Å². The van der Waals surface area contributed by atoms with E-state index in [-0.39, 0.29) is 0 Å². The number of imidazole rings is 2. The molecule has 0 saturated carbocycles. The third kappa shape index (κ3) is 5.07. The first-order valence-electron chi connectivity index (χ1n) is 9.08. The maximum absolute atomic E-state index is 12.1. The molecule has 0 saturated heterocycles. The molecule has 0 aliphatic rings. The molecule has 2 aromatic heterocycles. The molecule has 0 radical (unpaired) electrons. The van der Waals surface area contributed by atoms with Crippen LogP contribution in [0.4, 0.5) is 0 Å². The summed E-state index contributed by atoms with van der Waals surface area (Å²) in [5, 5.41) is 0. The van der Waals surface area contributed by atoms with Crippen molar-refractivity contribution in [2.75, 3.05) is 28.2 Å². The Morgan fingerprint density at radius 3 is 1.31 bits per heavy atom. The minimum Gasteiger partial charge on any atom is -0.227 e. The van der Waals surface area contributed by atoms with E-state index < -0.39 is 20.4 Å². The summed E-state index contributed by atoms with van der Waals surface area (Å²) in [6.45, 7) is 0. The molecule has 0 spiro atoms. The van der Waals surface area contributed by atoms with E-state index in [9.17, 15) is 16.8 Å². The van der Waals surface area contributed by atoms with Crippen LogP contribution in [0.5, 0.6) is 0 Å². The van der Waals surface area contributed by atoms with Crippen LogP contribution < -0.4 is 0 Å². The van der Waals surface area contributed by atoms with Crippen molar-refractivity contribution in [3.05, 3.63) is 71.8 Å². The fourth-order valence-electron chi connectivity index (χ4n) is 2.28. The monoisotopic (exact) mass is 472 g/mol. The van der Waals surface area contributed by atoms with Crippen LogP contribution in [0.15, 0.2) is 49.3 Å². The lowest BCUT2D eigenvalue weighted by atomic mass is 10.1. The minimum atomic E-state index is -3.62. The van der Waals surface area contributed by atoms with Crippen molar-refractivity contribution >= 4 is 20.4 Å². The second kappa shape index (κ2) is 8.98. The summed E-state index contributed by atoms with van der Waals surface area (Å²) in [6.07, 6.45) is 5.09. The summed E-state index contributed by atoms with van der Waals surface area (Å²) in [5.41, 5.74) is 2.04.